The molecule has 5 aromatic carbocycles. The Morgan fingerprint density at radius 2 is 1.35 bits per heavy atom. The predicted octanol–water partition coefficient (Wildman–Crippen LogP) is 9.11. The molecule has 174 valence electrons. The van der Waals surface area contributed by atoms with Crippen molar-refractivity contribution in [2.45, 2.75) is 12.8 Å². The Kier molecular flexibility index (Phi) is 4.38. The van der Waals surface area contributed by atoms with Crippen LogP contribution in [0.5, 0.6) is 0 Å². The summed E-state index contributed by atoms with van der Waals surface area (Å²) in [6.45, 7) is 0. The van der Waals surface area contributed by atoms with E-state index >= 15 is 0 Å². The van der Waals surface area contributed by atoms with Crippen molar-refractivity contribution in [2.75, 3.05) is 0 Å². The van der Waals surface area contributed by atoms with E-state index in [1.807, 2.05) is 12.4 Å². The molecule has 2 heterocycles. The van der Waals surface area contributed by atoms with Crippen molar-refractivity contribution in [3.8, 4) is 16.8 Å². The molecular weight excluding hydrogens is 448 g/mol. The Hall–Kier alpha value is -4.69. The normalized spacial score (nSPS) is 13.1. The molecule has 37 heavy (non-hydrogen) atoms. The zero-order valence-corrected chi connectivity index (χ0v) is 20.4. The summed E-state index contributed by atoms with van der Waals surface area (Å²) in [6, 6.07) is 35.5. The van der Waals surface area contributed by atoms with Gasteiger partial charge >= 0.3 is 0 Å². The molecule has 2 aromatic heterocycles. The van der Waals surface area contributed by atoms with Crippen molar-refractivity contribution in [1.82, 2.24) is 9.55 Å². The quantitative estimate of drug-likeness (QED) is 0.229. The summed E-state index contributed by atoms with van der Waals surface area (Å²) in [6.07, 6.45) is 10.7. The van der Waals surface area contributed by atoms with E-state index in [9.17, 15) is 0 Å². The topological polar surface area (TPSA) is 17.8 Å². The highest BCUT2D eigenvalue weighted by Gasteiger charge is 2.18. The van der Waals surface area contributed by atoms with Gasteiger partial charge in [0.05, 0.1) is 5.52 Å². The number of benzene rings is 5. The number of rotatable bonds is 2. The second kappa shape index (κ2) is 7.91. The summed E-state index contributed by atoms with van der Waals surface area (Å²) in [7, 11) is 0. The van der Waals surface area contributed by atoms with Gasteiger partial charge in [0.1, 0.15) is 0 Å². The van der Waals surface area contributed by atoms with Gasteiger partial charge in [-0.05, 0) is 92.9 Å². The molecule has 0 radical (unpaired) electrons. The number of fused-ring (bicyclic) bond motifs is 9. The van der Waals surface area contributed by atoms with E-state index < -0.39 is 0 Å². The first-order valence-electron chi connectivity index (χ1n) is 12.9. The SMILES string of the molecule is C1=Cc2c(c3ccccc3n2-c2cccc(-c3ccc4c5ccncc5c5ccccc5c4c3)c2)CC1. The fourth-order valence-electron chi connectivity index (χ4n) is 6.27. The molecule has 0 N–H and O–H groups in total. The van der Waals surface area contributed by atoms with Crippen LogP contribution >= 0.6 is 0 Å². The molecule has 0 saturated carbocycles. The summed E-state index contributed by atoms with van der Waals surface area (Å²) in [4.78, 5) is 4.41. The molecule has 0 atom stereocenters. The third-order valence-corrected chi connectivity index (χ3v) is 7.93. The number of hydrogen-bond acceptors (Lipinski definition) is 1. The maximum atomic E-state index is 4.41. The first kappa shape index (κ1) is 20.5. The van der Waals surface area contributed by atoms with Gasteiger partial charge in [-0.25, -0.2) is 0 Å². The van der Waals surface area contributed by atoms with E-state index in [0.717, 1.165) is 12.8 Å². The number of nitrogens with zero attached hydrogens (tertiary/aromatic N) is 2. The summed E-state index contributed by atoms with van der Waals surface area (Å²) < 4.78 is 2.43. The van der Waals surface area contributed by atoms with E-state index in [0.29, 0.717) is 0 Å². The fraction of sp³-hybridized carbons (Fsp3) is 0.0571. The largest absolute Gasteiger partial charge is 0.310 e. The number of para-hydroxylation sites is 1. The maximum Gasteiger partial charge on any atom is 0.0537 e. The molecule has 1 aliphatic carbocycles. The molecule has 7 aromatic rings. The maximum absolute atomic E-state index is 4.41. The Balaban J connectivity index is 1.36. The van der Waals surface area contributed by atoms with E-state index in [2.05, 4.69) is 119 Å². The van der Waals surface area contributed by atoms with Crippen molar-refractivity contribution in [3.05, 3.63) is 127 Å². The average molecular weight is 473 g/mol. The number of aromatic nitrogens is 2. The lowest BCUT2D eigenvalue weighted by molar-refractivity contribution is 0.968. The van der Waals surface area contributed by atoms with E-state index in [1.54, 1.807) is 0 Å². The molecule has 2 heteroatoms. The smallest absolute Gasteiger partial charge is 0.0537 e. The van der Waals surface area contributed by atoms with Crippen molar-refractivity contribution in [1.29, 1.82) is 0 Å². The van der Waals surface area contributed by atoms with Gasteiger partial charge in [0.2, 0.25) is 0 Å². The summed E-state index contributed by atoms with van der Waals surface area (Å²) in [5.74, 6) is 0. The van der Waals surface area contributed by atoms with Crippen LogP contribution in [-0.4, -0.2) is 9.55 Å². The first-order chi connectivity index (χ1) is 18.4. The summed E-state index contributed by atoms with van der Waals surface area (Å²) >= 11 is 0. The molecule has 0 unspecified atom stereocenters. The molecule has 0 bridgehead atoms. The molecule has 2 nitrogen and oxygen atoms in total. The third-order valence-electron chi connectivity index (χ3n) is 7.93. The lowest BCUT2D eigenvalue weighted by atomic mass is 9.93. The minimum absolute atomic E-state index is 1.10. The molecule has 1 aliphatic rings. The minimum atomic E-state index is 1.10. The van der Waals surface area contributed by atoms with Gasteiger partial charge in [0.25, 0.3) is 0 Å². The van der Waals surface area contributed by atoms with Crippen LogP contribution in [-0.2, 0) is 6.42 Å². The lowest BCUT2D eigenvalue weighted by Crippen LogP contribution is -2.00. The van der Waals surface area contributed by atoms with Gasteiger partial charge in [-0.15, -0.1) is 0 Å². The molecule has 0 amide bonds. The zero-order valence-electron chi connectivity index (χ0n) is 20.4. The Morgan fingerprint density at radius 3 is 2.27 bits per heavy atom. The fourth-order valence-corrected chi connectivity index (χ4v) is 6.27. The van der Waals surface area contributed by atoms with Gasteiger partial charge < -0.3 is 4.57 Å². The molecule has 0 spiro atoms. The van der Waals surface area contributed by atoms with Gasteiger partial charge in [-0.2, -0.15) is 0 Å². The van der Waals surface area contributed by atoms with Gasteiger partial charge in [0, 0.05) is 34.5 Å². The number of allylic oxidation sites excluding steroid dienone is 1. The standard InChI is InChI=1S/C35H24N2/c1-2-11-27-26(10-1)32-21-24(16-17-28(32)29-18-19-36-22-33(27)29)23-8-7-9-25(20-23)37-34-14-5-3-12-30(34)31-13-4-6-15-35(31)37/h1-3,5-12,14-22H,4,13H2. The monoisotopic (exact) mass is 472 g/mol. The van der Waals surface area contributed by atoms with Gasteiger partial charge in [-0.3, -0.25) is 4.98 Å². The molecule has 0 fully saturated rings. The Bertz CT molecular complexity index is 2010. The van der Waals surface area contributed by atoms with Crippen LogP contribution in [0.1, 0.15) is 17.7 Å². The highest BCUT2D eigenvalue weighted by atomic mass is 15.0. The molecular formula is C35H24N2. The highest BCUT2D eigenvalue weighted by Crippen LogP contribution is 2.38. The Morgan fingerprint density at radius 1 is 0.595 bits per heavy atom. The third kappa shape index (κ3) is 3.02. The predicted molar refractivity (Wildman–Crippen MR) is 156 cm³/mol. The van der Waals surface area contributed by atoms with Crippen LogP contribution in [0.2, 0.25) is 0 Å². The zero-order chi connectivity index (χ0) is 24.3. The van der Waals surface area contributed by atoms with Crippen LogP contribution in [0.4, 0.5) is 0 Å². The number of aryl methyl sites for hydroxylation is 1. The van der Waals surface area contributed by atoms with Crippen molar-refractivity contribution in [3.63, 3.8) is 0 Å². The van der Waals surface area contributed by atoms with E-state index in [4.69, 9.17) is 0 Å². The lowest BCUT2D eigenvalue weighted by Gasteiger charge is -2.14. The average Bonchev–Trinajstić information content (AvgIpc) is 3.32. The van der Waals surface area contributed by atoms with Gasteiger partial charge in [0.15, 0.2) is 0 Å². The van der Waals surface area contributed by atoms with Crippen LogP contribution in [0.25, 0.3) is 66.1 Å². The molecule has 0 saturated heterocycles. The molecule has 0 aliphatic heterocycles. The molecule has 8 rings (SSSR count). The number of hydrogen-bond donors (Lipinski definition) is 0. The minimum Gasteiger partial charge on any atom is -0.310 e. The van der Waals surface area contributed by atoms with Crippen molar-refractivity contribution < 1.29 is 0 Å². The van der Waals surface area contributed by atoms with Crippen LogP contribution < -0.4 is 0 Å². The first-order valence-corrected chi connectivity index (χ1v) is 12.9. The second-order valence-corrected chi connectivity index (χ2v) is 9.93. The van der Waals surface area contributed by atoms with E-state index in [-0.39, 0.29) is 0 Å². The van der Waals surface area contributed by atoms with Gasteiger partial charge in [-0.1, -0.05) is 72.8 Å². The summed E-state index contributed by atoms with van der Waals surface area (Å²) in [5, 5.41) is 8.90. The highest BCUT2D eigenvalue weighted by molar-refractivity contribution is 6.25. The number of pyridine rings is 1. The Labute approximate surface area is 215 Å². The van der Waals surface area contributed by atoms with Crippen molar-refractivity contribution in [2.24, 2.45) is 0 Å². The van der Waals surface area contributed by atoms with Crippen LogP contribution in [0.3, 0.4) is 0 Å². The second-order valence-electron chi connectivity index (χ2n) is 9.93. The van der Waals surface area contributed by atoms with Crippen molar-refractivity contribution >= 4 is 49.3 Å². The van der Waals surface area contributed by atoms with Crippen LogP contribution in [0.15, 0.2) is 116 Å². The summed E-state index contributed by atoms with van der Waals surface area (Å²) in [5.41, 5.74) is 7.71. The van der Waals surface area contributed by atoms with E-state index in [1.165, 1.54) is 71.3 Å². The van der Waals surface area contributed by atoms with Crippen LogP contribution in [0, 0.1) is 0 Å².